The number of epoxide rings is 3. The molecule has 3 saturated heterocycles. The molecule has 0 aromatic heterocycles. The van der Waals surface area contributed by atoms with E-state index in [2.05, 4.69) is 4.74 Å². The molecule has 0 amide bonds. The van der Waals surface area contributed by atoms with Gasteiger partial charge in [0.1, 0.15) is 18.0 Å². The highest BCUT2D eigenvalue weighted by Gasteiger charge is 2.26. The maximum Gasteiger partial charge on any atom is 0.115 e. The fourth-order valence-electron chi connectivity index (χ4n) is 1.09. The normalized spacial score (nSPS) is 25.3. The van der Waals surface area contributed by atoms with Crippen molar-refractivity contribution in [2.45, 2.75) is 12.2 Å². The Morgan fingerprint density at radius 3 is 1.74 bits per heavy atom. The highest BCUT2D eigenvalue weighted by atomic mass is 16.6. The van der Waals surface area contributed by atoms with Crippen LogP contribution in [-0.2, 0) is 18.9 Å². The SMILES string of the molecule is C(OCC1CO1)C1CO1.C1CO1.Oc1ccccc1. The Morgan fingerprint density at radius 2 is 1.47 bits per heavy atom. The molecule has 5 nitrogen and oxygen atoms in total. The average Bonchev–Trinajstić information content (AvgIpc) is 3.30. The van der Waals surface area contributed by atoms with Gasteiger partial charge in [-0.25, -0.2) is 0 Å². The Kier molecular flexibility index (Phi) is 6.10. The first-order valence-corrected chi connectivity index (χ1v) is 6.47. The molecule has 1 N–H and O–H groups in total. The van der Waals surface area contributed by atoms with E-state index in [9.17, 15) is 0 Å². The Labute approximate surface area is 113 Å². The number of para-hydroxylation sites is 1. The van der Waals surface area contributed by atoms with Gasteiger partial charge in [-0.3, -0.25) is 0 Å². The van der Waals surface area contributed by atoms with Crippen molar-refractivity contribution in [3.63, 3.8) is 0 Å². The number of phenolic OH excluding ortho intramolecular Hbond substituents is 1. The molecule has 3 aliphatic rings. The van der Waals surface area contributed by atoms with Crippen molar-refractivity contribution in [2.75, 3.05) is 39.6 Å². The summed E-state index contributed by atoms with van der Waals surface area (Å²) in [5.74, 6) is 0.322. The lowest BCUT2D eigenvalue weighted by Crippen LogP contribution is -2.06. The summed E-state index contributed by atoms with van der Waals surface area (Å²) in [4.78, 5) is 0. The van der Waals surface area contributed by atoms with E-state index in [4.69, 9.17) is 19.3 Å². The van der Waals surface area contributed by atoms with Crippen molar-refractivity contribution < 1.29 is 24.1 Å². The molecule has 106 valence electrons. The Bertz CT molecular complexity index is 318. The van der Waals surface area contributed by atoms with Crippen molar-refractivity contribution in [3.05, 3.63) is 30.3 Å². The van der Waals surface area contributed by atoms with E-state index < -0.39 is 0 Å². The molecule has 2 unspecified atom stereocenters. The average molecular weight is 268 g/mol. The van der Waals surface area contributed by atoms with Gasteiger partial charge in [-0.05, 0) is 12.1 Å². The van der Waals surface area contributed by atoms with Crippen LogP contribution in [0.5, 0.6) is 5.75 Å². The van der Waals surface area contributed by atoms with E-state index in [0.717, 1.165) is 39.6 Å². The third-order valence-electron chi connectivity index (χ3n) is 2.37. The summed E-state index contributed by atoms with van der Waals surface area (Å²) in [6, 6.07) is 8.71. The molecular weight excluding hydrogens is 248 g/mol. The first-order chi connectivity index (χ1) is 9.34. The minimum atomic E-state index is 0.322. The smallest absolute Gasteiger partial charge is 0.115 e. The lowest BCUT2D eigenvalue weighted by atomic mass is 10.3. The zero-order valence-electron chi connectivity index (χ0n) is 10.9. The summed E-state index contributed by atoms with van der Waals surface area (Å²) in [5.41, 5.74) is 0. The molecule has 4 rings (SSSR count). The molecule has 3 fully saturated rings. The largest absolute Gasteiger partial charge is 0.508 e. The number of hydrogen-bond donors (Lipinski definition) is 1. The standard InChI is InChI=1S/C6H10O3.C6H6O.C2H4O/c1(5-3-8-5)7-2-6-4-9-6;7-6-4-2-1-3-5-6;1-2-3-1/h5-6H,1-4H2;1-5,7H;1-2H2. The van der Waals surface area contributed by atoms with Crippen LogP contribution in [0.3, 0.4) is 0 Å². The molecule has 0 saturated carbocycles. The van der Waals surface area contributed by atoms with E-state index in [0.29, 0.717) is 18.0 Å². The topological polar surface area (TPSA) is 67.0 Å². The van der Waals surface area contributed by atoms with Crippen LogP contribution in [-0.4, -0.2) is 57.0 Å². The zero-order chi connectivity index (χ0) is 13.3. The van der Waals surface area contributed by atoms with Gasteiger partial charge < -0.3 is 24.1 Å². The van der Waals surface area contributed by atoms with Crippen LogP contribution in [0.25, 0.3) is 0 Å². The number of aromatic hydroxyl groups is 1. The predicted molar refractivity (Wildman–Crippen MR) is 69.2 cm³/mol. The summed E-state index contributed by atoms with van der Waals surface area (Å²) >= 11 is 0. The molecule has 1 aromatic carbocycles. The van der Waals surface area contributed by atoms with Crippen LogP contribution < -0.4 is 0 Å². The summed E-state index contributed by atoms with van der Waals surface area (Å²) in [7, 11) is 0. The minimum absolute atomic E-state index is 0.322. The van der Waals surface area contributed by atoms with Crippen LogP contribution in [0, 0.1) is 0 Å². The van der Waals surface area contributed by atoms with Gasteiger partial charge in [0.05, 0.1) is 39.6 Å². The zero-order valence-corrected chi connectivity index (χ0v) is 10.9. The second-order valence-electron chi connectivity index (χ2n) is 4.40. The van der Waals surface area contributed by atoms with E-state index in [1.807, 2.05) is 6.07 Å². The molecule has 0 spiro atoms. The van der Waals surface area contributed by atoms with Crippen LogP contribution >= 0.6 is 0 Å². The summed E-state index contributed by atoms with van der Waals surface area (Å²) < 4.78 is 19.6. The molecular formula is C14H20O5. The molecule has 3 heterocycles. The highest BCUT2D eigenvalue weighted by molar-refractivity contribution is 5.18. The van der Waals surface area contributed by atoms with Crippen LogP contribution in [0.4, 0.5) is 0 Å². The van der Waals surface area contributed by atoms with Crippen molar-refractivity contribution in [1.29, 1.82) is 0 Å². The van der Waals surface area contributed by atoms with Gasteiger partial charge in [-0.2, -0.15) is 0 Å². The Balaban J connectivity index is 0.000000118. The van der Waals surface area contributed by atoms with Gasteiger partial charge >= 0.3 is 0 Å². The molecule has 0 radical (unpaired) electrons. The summed E-state index contributed by atoms with van der Waals surface area (Å²) in [6.45, 7) is 5.26. The molecule has 1 aromatic rings. The fraction of sp³-hybridized carbons (Fsp3) is 0.571. The van der Waals surface area contributed by atoms with Gasteiger partial charge in [-0.15, -0.1) is 0 Å². The lowest BCUT2D eigenvalue weighted by Gasteiger charge is -1.95. The fourth-order valence-corrected chi connectivity index (χ4v) is 1.09. The van der Waals surface area contributed by atoms with E-state index in [1.165, 1.54) is 0 Å². The van der Waals surface area contributed by atoms with Gasteiger partial charge in [-0.1, -0.05) is 18.2 Å². The Hall–Kier alpha value is -1.14. The van der Waals surface area contributed by atoms with Crippen molar-refractivity contribution in [1.82, 2.24) is 0 Å². The molecule has 19 heavy (non-hydrogen) atoms. The van der Waals surface area contributed by atoms with E-state index in [-0.39, 0.29) is 0 Å². The van der Waals surface area contributed by atoms with Crippen LogP contribution in [0.2, 0.25) is 0 Å². The highest BCUT2D eigenvalue weighted by Crippen LogP contribution is 2.12. The quantitative estimate of drug-likeness (QED) is 0.831. The number of phenols is 1. The van der Waals surface area contributed by atoms with E-state index >= 15 is 0 Å². The Morgan fingerprint density at radius 1 is 1.00 bits per heavy atom. The first-order valence-electron chi connectivity index (χ1n) is 6.47. The maximum absolute atomic E-state index is 8.63. The second kappa shape index (κ2) is 8.12. The van der Waals surface area contributed by atoms with Crippen LogP contribution in [0.1, 0.15) is 0 Å². The third kappa shape index (κ3) is 9.44. The number of hydrogen-bond acceptors (Lipinski definition) is 5. The van der Waals surface area contributed by atoms with Crippen molar-refractivity contribution >= 4 is 0 Å². The first kappa shape index (κ1) is 14.3. The van der Waals surface area contributed by atoms with Gasteiger partial charge in [0.25, 0.3) is 0 Å². The number of rotatable bonds is 4. The van der Waals surface area contributed by atoms with Gasteiger partial charge in [0.15, 0.2) is 0 Å². The summed E-state index contributed by atoms with van der Waals surface area (Å²) in [5, 5.41) is 8.63. The van der Waals surface area contributed by atoms with Crippen molar-refractivity contribution in [3.8, 4) is 5.75 Å². The summed E-state index contributed by atoms with van der Waals surface area (Å²) in [6.07, 6.45) is 0.785. The van der Waals surface area contributed by atoms with Crippen LogP contribution in [0.15, 0.2) is 30.3 Å². The molecule has 2 atom stereocenters. The van der Waals surface area contributed by atoms with Gasteiger partial charge in [0.2, 0.25) is 0 Å². The molecule has 5 heteroatoms. The predicted octanol–water partition coefficient (Wildman–Crippen LogP) is 1.21. The lowest BCUT2D eigenvalue weighted by molar-refractivity contribution is 0.102. The minimum Gasteiger partial charge on any atom is -0.508 e. The maximum atomic E-state index is 8.63. The monoisotopic (exact) mass is 268 g/mol. The second-order valence-corrected chi connectivity index (χ2v) is 4.40. The number of benzene rings is 1. The molecule has 0 bridgehead atoms. The van der Waals surface area contributed by atoms with E-state index in [1.54, 1.807) is 24.3 Å². The third-order valence-corrected chi connectivity index (χ3v) is 2.37. The molecule has 3 aliphatic heterocycles. The molecule has 0 aliphatic carbocycles. The van der Waals surface area contributed by atoms with Crippen molar-refractivity contribution in [2.24, 2.45) is 0 Å². The number of ether oxygens (including phenoxy) is 4. The van der Waals surface area contributed by atoms with Gasteiger partial charge in [0, 0.05) is 0 Å².